The summed E-state index contributed by atoms with van der Waals surface area (Å²) >= 11 is 0. The quantitative estimate of drug-likeness (QED) is 0.474. The van der Waals surface area contributed by atoms with E-state index in [1.54, 1.807) is 12.0 Å². The first-order valence-electron chi connectivity index (χ1n) is 11.3. The van der Waals surface area contributed by atoms with Crippen molar-refractivity contribution in [3.63, 3.8) is 0 Å². The van der Waals surface area contributed by atoms with Gasteiger partial charge in [-0.3, -0.25) is 4.90 Å². The number of pyridine rings is 2. The Hall–Kier alpha value is -3.41. The molecule has 172 valence electrons. The van der Waals surface area contributed by atoms with E-state index in [0.29, 0.717) is 12.2 Å². The number of benzene rings is 1. The van der Waals surface area contributed by atoms with Crippen molar-refractivity contribution in [1.82, 2.24) is 14.9 Å². The van der Waals surface area contributed by atoms with Crippen molar-refractivity contribution in [3.8, 4) is 17.0 Å². The highest BCUT2D eigenvalue weighted by molar-refractivity contribution is 5.83. The van der Waals surface area contributed by atoms with E-state index < -0.39 is 5.60 Å². The summed E-state index contributed by atoms with van der Waals surface area (Å²) < 4.78 is 11.2. The van der Waals surface area contributed by atoms with Crippen LogP contribution in [0.3, 0.4) is 0 Å². The predicted octanol–water partition coefficient (Wildman–Crippen LogP) is 6.29. The Labute approximate surface area is 195 Å². The highest BCUT2D eigenvalue weighted by Gasteiger charge is 2.24. The Morgan fingerprint density at radius 1 is 1.03 bits per heavy atom. The van der Waals surface area contributed by atoms with Crippen LogP contribution in [0.15, 0.2) is 42.6 Å². The first-order chi connectivity index (χ1) is 15.6. The van der Waals surface area contributed by atoms with Gasteiger partial charge in [0.1, 0.15) is 11.4 Å². The Bertz CT molecular complexity index is 1240. The van der Waals surface area contributed by atoms with Crippen molar-refractivity contribution < 1.29 is 14.3 Å². The molecule has 1 aliphatic heterocycles. The third-order valence-electron chi connectivity index (χ3n) is 5.59. The fourth-order valence-electron chi connectivity index (χ4n) is 4.15. The maximum absolute atomic E-state index is 12.5. The van der Waals surface area contributed by atoms with Crippen LogP contribution in [0.5, 0.6) is 5.75 Å². The maximum atomic E-state index is 12.5. The van der Waals surface area contributed by atoms with Crippen LogP contribution < -0.4 is 4.74 Å². The number of methoxy groups -OCH3 is 1. The molecule has 2 aromatic heterocycles. The van der Waals surface area contributed by atoms with Gasteiger partial charge in [0.05, 0.1) is 18.5 Å². The molecule has 0 fully saturated rings. The summed E-state index contributed by atoms with van der Waals surface area (Å²) in [5.74, 6) is 0.804. The molecule has 3 heterocycles. The van der Waals surface area contributed by atoms with Gasteiger partial charge in [0, 0.05) is 23.7 Å². The van der Waals surface area contributed by atoms with Crippen LogP contribution in [-0.2, 0) is 4.74 Å². The summed E-state index contributed by atoms with van der Waals surface area (Å²) in [6, 6.07) is 12.2. The molecule has 0 aliphatic carbocycles. The van der Waals surface area contributed by atoms with Crippen molar-refractivity contribution in [2.75, 3.05) is 13.7 Å². The van der Waals surface area contributed by atoms with Crippen LogP contribution in [0.4, 0.5) is 4.79 Å². The predicted molar refractivity (Wildman–Crippen MR) is 131 cm³/mol. The summed E-state index contributed by atoms with van der Waals surface area (Å²) in [6.07, 6.45) is 3.24. The molecule has 0 bridgehead atoms. The Kier molecular flexibility index (Phi) is 6.11. The number of aryl methyl sites for hydroxylation is 2. The number of carbonyl (C=O) groups is 1. The molecule has 0 atom stereocenters. The van der Waals surface area contributed by atoms with Gasteiger partial charge in [-0.1, -0.05) is 6.07 Å². The summed E-state index contributed by atoms with van der Waals surface area (Å²) in [5.41, 5.74) is 6.03. The second kappa shape index (κ2) is 8.85. The molecule has 0 N–H and O–H groups in total. The fourth-order valence-corrected chi connectivity index (χ4v) is 4.15. The average Bonchev–Trinajstić information content (AvgIpc) is 2.76. The van der Waals surface area contributed by atoms with Gasteiger partial charge in [-0.25, -0.2) is 14.8 Å². The van der Waals surface area contributed by atoms with Gasteiger partial charge in [-0.05, 0) is 94.5 Å². The van der Waals surface area contributed by atoms with E-state index in [-0.39, 0.29) is 6.09 Å². The number of allylic oxidation sites excluding steroid dienone is 1. The molecule has 0 radical (unpaired) electrons. The number of ether oxygens (including phenoxy) is 2. The number of hydrogen-bond donors (Lipinski definition) is 0. The molecule has 0 saturated carbocycles. The van der Waals surface area contributed by atoms with Crippen molar-refractivity contribution in [1.29, 1.82) is 0 Å². The largest absolute Gasteiger partial charge is 0.496 e. The van der Waals surface area contributed by atoms with Crippen molar-refractivity contribution in [2.45, 2.75) is 53.1 Å². The molecule has 1 amide bonds. The molecule has 6 heteroatoms. The lowest BCUT2D eigenvalue weighted by Crippen LogP contribution is -2.35. The molecule has 6 nitrogen and oxygen atoms in total. The topological polar surface area (TPSA) is 64.5 Å². The Balaban J connectivity index is 1.71. The number of fused-ring (bicyclic) bond motifs is 1. The molecule has 3 aromatic rings. The molecule has 4 rings (SSSR count). The summed E-state index contributed by atoms with van der Waals surface area (Å²) in [4.78, 5) is 23.9. The van der Waals surface area contributed by atoms with E-state index in [4.69, 9.17) is 19.4 Å². The van der Waals surface area contributed by atoms with Crippen LogP contribution >= 0.6 is 0 Å². The maximum Gasteiger partial charge on any atom is 0.414 e. The second-order valence-corrected chi connectivity index (χ2v) is 9.53. The van der Waals surface area contributed by atoms with Gasteiger partial charge in [-0.15, -0.1) is 0 Å². The molecule has 1 aliphatic rings. The molecule has 0 spiro atoms. The normalized spacial score (nSPS) is 14.2. The number of amides is 1. The SMILES string of the molecule is COc1cc(C)cc(C)c1-c1ccc2ccc(C3=CN(C(=O)OC(C)(C)C)CCC3)nc2n1. The van der Waals surface area contributed by atoms with Crippen LogP contribution in [-0.4, -0.2) is 40.2 Å². The van der Waals surface area contributed by atoms with Gasteiger partial charge >= 0.3 is 6.09 Å². The lowest BCUT2D eigenvalue weighted by molar-refractivity contribution is 0.0329. The van der Waals surface area contributed by atoms with E-state index >= 15 is 0 Å². The first kappa shape index (κ1) is 22.8. The number of hydrogen-bond acceptors (Lipinski definition) is 5. The van der Waals surface area contributed by atoms with Gasteiger partial charge in [0.15, 0.2) is 5.65 Å². The molecular formula is C27H31N3O3. The third kappa shape index (κ3) is 5.00. The Morgan fingerprint density at radius 2 is 1.73 bits per heavy atom. The summed E-state index contributed by atoms with van der Waals surface area (Å²) in [7, 11) is 1.68. The lowest BCUT2D eigenvalue weighted by Gasteiger charge is -2.28. The number of rotatable bonds is 3. The monoisotopic (exact) mass is 445 g/mol. The summed E-state index contributed by atoms with van der Waals surface area (Å²) in [5, 5.41) is 0.964. The third-order valence-corrected chi connectivity index (χ3v) is 5.59. The molecule has 0 unspecified atom stereocenters. The van der Waals surface area contributed by atoms with E-state index in [9.17, 15) is 4.79 Å². The van der Waals surface area contributed by atoms with Crippen LogP contribution in [0.25, 0.3) is 27.9 Å². The minimum absolute atomic E-state index is 0.331. The van der Waals surface area contributed by atoms with Crippen LogP contribution in [0.2, 0.25) is 0 Å². The molecule has 33 heavy (non-hydrogen) atoms. The zero-order chi connectivity index (χ0) is 23.8. The standard InChI is InChI=1S/C27H31N3O3/c1-17-14-18(2)24(23(15-17)32-6)22-12-10-19-9-11-21(28-25(19)29-22)20-8-7-13-30(16-20)26(31)33-27(3,4)5/h9-12,14-16H,7-8,13H2,1-6H3. The van der Waals surface area contributed by atoms with Gasteiger partial charge in [0.2, 0.25) is 0 Å². The zero-order valence-corrected chi connectivity index (χ0v) is 20.2. The van der Waals surface area contributed by atoms with Crippen LogP contribution in [0, 0.1) is 13.8 Å². The van der Waals surface area contributed by atoms with E-state index in [2.05, 4.69) is 19.9 Å². The second-order valence-electron chi connectivity index (χ2n) is 9.53. The molecule has 1 aromatic carbocycles. The molecular weight excluding hydrogens is 414 g/mol. The van der Waals surface area contributed by atoms with Crippen molar-refractivity contribution in [2.24, 2.45) is 0 Å². The highest BCUT2D eigenvalue weighted by atomic mass is 16.6. The van der Waals surface area contributed by atoms with Crippen LogP contribution in [0.1, 0.15) is 50.4 Å². The minimum atomic E-state index is -0.529. The smallest absolute Gasteiger partial charge is 0.414 e. The van der Waals surface area contributed by atoms with E-state index in [1.165, 1.54) is 0 Å². The van der Waals surface area contributed by atoms with Crippen molar-refractivity contribution >= 4 is 22.7 Å². The highest BCUT2D eigenvalue weighted by Crippen LogP contribution is 2.34. The van der Waals surface area contributed by atoms with Crippen molar-refractivity contribution in [3.05, 3.63) is 59.4 Å². The van der Waals surface area contributed by atoms with E-state index in [0.717, 1.165) is 57.6 Å². The Morgan fingerprint density at radius 3 is 2.42 bits per heavy atom. The van der Waals surface area contributed by atoms with E-state index in [1.807, 2.05) is 57.3 Å². The number of nitrogens with zero attached hydrogens (tertiary/aromatic N) is 3. The molecule has 0 saturated heterocycles. The first-order valence-corrected chi connectivity index (χ1v) is 11.3. The number of carbonyl (C=O) groups excluding carboxylic acids is 1. The number of aromatic nitrogens is 2. The summed E-state index contributed by atoms with van der Waals surface area (Å²) in [6.45, 7) is 10.4. The average molecular weight is 446 g/mol. The van der Waals surface area contributed by atoms with Gasteiger partial charge < -0.3 is 9.47 Å². The van der Waals surface area contributed by atoms with Gasteiger partial charge in [0.25, 0.3) is 0 Å². The lowest BCUT2D eigenvalue weighted by atomic mass is 10.0. The van der Waals surface area contributed by atoms with Gasteiger partial charge in [-0.2, -0.15) is 0 Å². The fraction of sp³-hybridized carbons (Fsp3) is 0.370. The zero-order valence-electron chi connectivity index (χ0n) is 20.2. The minimum Gasteiger partial charge on any atom is -0.496 e.